The van der Waals surface area contributed by atoms with Crippen LogP contribution in [0, 0.1) is 0 Å². The second-order valence-corrected chi connectivity index (χ2v) is 14.0. The van der Waals surface area contributed by atoms with E-state index in [0.29, 0.717) is 17.4 Å². The van der Waals surface area contributed by atoms with E-state index in [1.54, 1.807) is 0 Å². The van der Waals surface area contributed by atoms with Gasteiger partial charge in [-0.1, -0.05) is 103 Å². The molecule has 0 aliphatic rings. The quantitative estimate of drug-likeness (QED) is 0.0276. The first-order chi connectivity index (χ1) is 20.5. The molecule has 0 aromatic rings. The fourth-order valence-electron chi connectivity index (χ4n) is 4.29. The van der Waals surface area contributed by atoms with E-state index >= 15 is 0 Å². The maximum Gasteiger partial charge on any atom is 0.472 e. The summed E-state index contributed by atoms with van der Waals surface area (Å²) in [7, 11) is 1.47. The van der Waals surface area contributed by atoms with Gasteiger partial charge in [0, 0.05) is 12.8 Å². The Morgan fingerprint density at radius 2 is 1.21 bits per heavy atom. The number of carbonyl (C=O) groups is 2. The van der Waals surface area contributed by atoms with Crippen LogP contribution < -0.4 is 0 Å². The number of quaternary nitrogens is 1. The highest BCUT2D eigenvalue weighted by Gasteiger charge is 2.27. The molecule has 0 aromatic heterocycles. The normalized spacial score (nSPS) is 14.1. The molecule has 0 rings (SSSR count). The summed E-state index contributed by atoms with van der Waals surface area (Å²) in [6.07, 6.45) is 22.7. The number of ether oxygens (including phenoxy) is 2. The maximum absolute atomic E-state index is 12.5. The minimum absolute atomic E-state index is 0.0326. The molecule has 0 aliphatic heterocycles. The first-order valence-corrected chi connectivity index (χ1v) is 18.4. The van der Waals surface area contributed by atoms with E-state index in [2.05, 4.69) is 26.0 Å². The molecule has 0 fully saturated rings. The average molecular weight is 635 g/mol. The van der Waals surface area contributed by atoms with Crippen LogP contribution in [0.5, 0.6) is 0 Å². The van der Waals surface area contributed by atoms with Gasteiger partial charge >= 0.3 is 19.8 Å². The molecule has 0 saturated heterocycles. The highest BCUT2D eigenvalue weighted by Crippen LogP contribution is 2.43. The van der Waals surface area contributed by atoms with Crippen LogP contribution in [0.3, 0.4) is 0 Å². The number of esters is 2. The van der Waals surface area contributed by atoms with Crippen LogP contribution in [0.1, 0.15) is 136 Å². The van der Waals surface area contributed by atoms with Gasteiger partial charge in [-0.3, -0.25) is 18.6 Å². The molecule has 0 saturated carbocycles. The number of unbranched alkanes of at least 4 members (excludes halogenated alkanes) is 14. The average Bonchev–Trinajstić information content (AvgIpc) is 2.93. The second kappa shape index (κ2) is 27.1. The first-order valence-electron chi connectivity index (χ1n) is 16.9. The summed E-state index contributed by atoms with van der Waals surface area (Å²) < 4.78 is 33.9. The predicted octanol–water partition coefficient (Wildman–Crippen LogP) is 8.29. The maximum atomic E-state index is 12.5. The van der Waals surface area contributed by atoms with Crippen LogP contribution >= 0.6 is 7.82 Å². The Bertz CT molecular complexity index is 768. The minimum atomic E-state index is -4.35. The van der Waals surface area contributed by atoms with Crippen molar-refractivity contribution in [1.82, 2.24) is 0 Å². The fourth-order valence-corrected chi connectivity index (χ4v) is 5.03. The van der Waals surface area contributed by atoms with Crippen molar-refractivity contribution in [3.05, 3.63) is 12.2 Å². The van der Waals surface area contributed by atoms with Crippen molar-refractivity contribution in [2.75, 3.05) is 47.5 Å². The van der Waals surface area contributed by atoms with E-state index in [1.165, 1.54) is 38.5 Å². The number of allylic oxidation sites excluding steroid dienone is 2. The zero-order chi connectivity index (χ0) is 32.2. The van der Waals surface area contributed by atoms with Gasteiger partial charge < -0.3 is 18.9 Å². The summed E-state index contributed by atoms with van der Waals surface area (Å²) in [6, 6.07) is 0. The van der Waals surface area contributed by atoms with E-state index < -0.39 is 26.5 Å². The Morgan fingerprint density at radius 3 is 1.79 bits per heavy atom. The van der Waals surface area contributed by atoms with Gasteiger partial charge in [0.05, 0.1) is 27.7 Å². The van der Waals surface area contributed by atoms with Crippen LogP contribution in [0.2, 0.25) is 0 Å². The summed E-state index contributed by atoms with van der Waals surface area (Å²) >= 11 is 0. The molecule has 2 atom stereocenters. The molecule has 9 nitrogen and oxygen atoms in total. The Labute approximate surface area is 263 Å². The van der Waals surface area contributed by atoms with Gasteiger partial charge in [-0.05, 0) is 32.1 Å². The van der Waals surface area contributed by atoms with Crippen molar-refractivity contribution < 1.29 is 42.1 Å². The zero-order valence-electron chi connectivity index (χ0n) is 28.2. The number of hydrogen-bond donors (Lipinski definition) is 1. The van der Waals surface area contributed by atoms with Gasteiger partial charge in [-0.15, -0.1) is 0 Å². The molecular formula is C33H65NO8P+. The lowest BCUT2D eigenvalue weighted by molar-refractivity contribution is -0.870. The van der Waals surface area contributed by atoms with Crippen molar-refractivity contribution >= 4 is 19.8 Å². The van der Waals surface area contributed by atoms with E-state index in [1.807, 2.05) is 21.1 Å². The standard InChI is InChI=1S/C33H64NO8P/c1-6-8-10-12-14-16-17-18-20-21-23-25-32(35)39-29-31(30-41-43(37,38)40-28-27-34(3,4)5)42-33(36)26-24-22-19-15-13-11-9-7-2/h12,14,31H,6-11,13,15-30H2,1-5H3/p+1/b14-12+/t31-/m1/s1. The van der Waals surface area contributed by atoms with Crippen molar-refractivity contribution in [2.24, 2.45) is 0 Å². The van der Waals surface area contributed by atoms with Gasteiger partial charge in [0.25, 0.3) is 0 Å². The lowest BCUT2D eigenvalue weighted by Gasteiger charge is -2.24. The Hall–Kier alpha value is -1.25. The molecule has 0 heterocycles. The van der Waals surface area contributed by atoms with Gasteiger partial charge in [-0.25, -0.2) is 4.57 Å². The van der Waals surface area contributed by atoms with E-state index in [-0.39, 0.29) is 32.0 Å². The van der Waals surface area contributed by atoms with Crippen molar-refractivity contribution in [2.45, 2.75) is 142 Å². The molecule has 0 radical (unpaired) electrons. The third kappa shape index (κ3) is 30.6. The summed E-state index contributed by atoms with van der Waals surface area (Å²) in [6.45, 7) is 4.31. The smallest absolute Gasteiger partial charge is 0.462 e. The lowest BCUT2D eigenvalue weighted by atomic mass is 10.1. The topological polar surface area (TPSA) is 108 Å². The minimum Gasteiger partial charge on any atom is -0.462 e. The molecule has 0 amide bonds. The highest BCUT2D eigenvalue weighted by atomic mass is 31.2. The largest absolute Gasteiger partial charge is 0.472 e. The Morgan fingerprint density at radius 1 is 0.698 bits per heavy atom. The molecular weight excluding hydrogens is 569 g/mol. The third-order valence-corrected chi connectivity index (χ3v) is 8.03. The van der Waals surface area contributed by atoms with Crippen molar-refractivity contribution in [3.63, 3.8) is 0 Å². The molecule has 0 bridgehead atoms. The number of carbonyl (C=O) groups excluding carboxylic acids is 2. The van der Waals surface area contributed by atoms with Crippen LogP contribution in [-0.2, 0) is 32.7 Å². The van der Waals surface area contributed by atoms with Gasteiger partial charge in [0.1, 0.15) is 19.8 Å². The molecule has 0 aromatic carbocycles. The molecule has 1 unspecified atom stereocenters. The number of hydrogen-bond acceptors (Lipinski definition) is 7. The van der Waals surface area contributed by atoms with Crippen LogP contribution in [-0.4, -0.2) is 74.9 Å². The Kier molecular flexibility index (Phi) is 26.3. The summed E-state index contributed by atoms with van der Waals surface area (Å²) in [5, 5.41) is 0. The first kappa shape index (κ1) is 41.8. The Balaban J connectivity index is 4.50. The molecule has 254 valence electrons. The van der Waals surface area contributed by atoms with Crippen LogP contribution in [0.15, 0.2) is 12.2 Å². The number of phosphoric ester groups is 1. The van der Waals surface area contributed by atoms with E-state index in [0.717, 1.165) is 64.2 Å². The predicted molar refractivity (Wildman–Crippen MR) is 174 cm³/mol. The molecule has 0 aliphatic carbocycles. The second-order valence-electron chi connectivity index (χ2n) is 12.6. The number of rotatable bonds is 30. The lowest BCUT2D eigenvalue weighted by Crippen LogP contribution is -2.37. The number of phosphoric acid groups is 1. The SMILES string of the molecule is CCCC/C=C/CCCCCCCC(=O)OC[C@H](COP(=O)(O)OCC[N+](C)(C)C)OC(=O)CCCCCCCCCC. The summed E-state index contributed by atoms with van der Waals surface area (Å²) in [4.78, 5) is 34.9. The van der Waals surface area contributed by atoms with Crippen LogP contribution in [0.4, 0.5) is 0 Å². The third-order valence-electron chi connectivity index (χ3n) is 7.05. The molecule has 1 N–H and O–H groups in total. The molecule has 43 heavy (non-hydrogen) atoms. The van der Waals surface area contributed by atoms with Crippen LogP contribution in [0.25, 0.3) is 0 Å². The number of likely N-dealkylation sites (N-methyl/N-ethyl adjacent to an activating group) is 1. The van der Waals surface area contributed by atoms with E-state index in [9.17, 15) is 19.0 Å². The number of nitrogens with zero attached hydrogens (tertiary/aromatic N) is 1. The van der Waals surface area contributed by atoms with Crippen molar-refractivity contribution in [1.29, 1.82) is 0 Å². The molecule has 10 heteroatoms. The summed E-state index contributed by atoms with van der Waals surface area (Å²) in [5.41, 5.74) is 0. The highest BCUT2D eigenvalue weighted by molar-refractivity contribution is 7.47. The van der Waals surface area contributed by atoms with Gasteiger partial charge in [0.15, 0.2) is 6.10 Å². The van der Waals surface area contributed by atoms with Gasteiger partial charge in [-0.2, -0.15) is 0 Å². The van der Waals surface area contributed by atoms with E-state index in [4.69, 9.17) is 18.5 Å². The zero-order valence-corrected chi connectivity index (χ0v) is 29.1. The van der Waals surface area contributed by atoms with Gasteiger partial charge in [0.2, 0.25) is 0 Å². The van der Waals surface area contributed by atoms with Crippen molar-refractivity contribution in [3.8, 4) is 0 Å². The monoisotopic (exact) mass is 634 g/mol. The summed E-state index contributed by atoms with van der Waals surface area (Å²) in [5.74, 6) is -0.816. The fraction of sp³-hybridized carbons (Fsp3) is 0.879. The molecule has 0 spiro atoms.